The minimum absolute atomic E-state index is 0.104. The van der Waals surface area contributed by atoms with E-state index in [-0.39, 0.29) is 17.9 Å². The second-order valence-electron chi connectivity index (χ2n) is 6.02. The number of aromatic nitrogens is 4. The molecule has 0 unspecified atom stereocenters. The summed E-state index contributed by atoms with van der Waals surface area (Å²) >= 11 is 0. The summed E-state index contributed by atoms with van der Waals surface area (Å²) in [5.41, 5.74) is 2.15. The quantitative estimate of drug-likeness (QED) is 0.471. The topological polar surface area (TPSA) is 71.2 Å². The van der Waals surface area contributed by atoms with E-state index in [2.05, 4.69) is 10.1 Å². The molecule has 8 heteroatoms. The maximum atomic E-state index is 14.5. The van der Waals surface area contributed by atoms with Gasteiger partial charge in [-0.2, -0.15) is 5.10 Å². The van der Waals surface area contributed by atoms with Crippen molar-refractivity contribution >= 4 is 6.16 Å². The lowest BCUT2D eigenvalue weighted by Crippen LogP contribution is -2.11. The first-order chi connectivity index (χ1) is 14.2. The van der Waals surface area contributed by atoms with Gasteiger partial charge in [0.05, 0.1) is 24.8 Å². The zero-order chi connectivity index (χ0) is 20.2. The van der Waals surface area contributed by atoms with E-state index in [0.29, 0.717) is 11.4 Å². The molecule has 2 heterocycles. The van der Waals surface area contributed by atoms with Gasteiger partial charge in [0.25, 0.3) is 0 Å². The summed E-state index contributed by atoms with van der Waals surface area (Å²) < 4.78 is 28.0. The first-order valence-corrected chi connectivity index (χ1v) is 8.93. The Morgan fingerprint density at radius 1 is 1.10 bits per heavy atom. The van der Waals surface area contributed by atoms with Crippen LogP contribution in [0.2, 0.25) is 0 Å². The maximum absolute atomic E-state index is 14.5. The fourth-order valence-corrected chi connectivity index (χ4v) is 2.92. The van der Waals surface area contributed by atoms with Crippen molar-refractivity contribution in [2.75, 3.05) is 6.61 Å². The third-order valence-corrected chi connectivity index (χ3v) is 4.22. The van der Waals surface area contributed by atoms with Crippen LogP contribution in [0.5, 0.6) is 5.75 Å². The average Bonchev–Trinajstić information content (AvgIpc) is 3.39. The Kier molecular flexibility index (Phi) is 5.07. The third kappa shape index (κ3) is 3.73. The van der Waals surface area contributed by atoms with Crippen molar-refractivity contribution in [3.05, 3.63) is 79.3 Å². The summed E-state index contributed by atoms with van der Waals surface area (Å²) in [7, 11) is 0. The second-order valence-corrected chi connectivity index (χ2v) is 6.02. The minimum atomic E-state index is -0.875. The molecule has 7 nitrogen and oxygen atoms in total. The van der Waals surface area contributed by atoms with Crippen molar-refractivity contribution in [2.24, 2.45) is 0 Å². The van der Waals surface area contributed by atoms with Gasteiger partial charge < -0.3 is 14.0 Å². The maximum Gasteiger partial charge on any atom is 0.513 e. The Balaban J connectivity index is 1.78. The summed E-state index contributed by atoms with van der Waals surface area (Å²) in [6.07, 6.45) is 5.71. The Bertz CT molecular complexity index is 1120. The lowest BCUT2D eigenvalue weighted by molar-refractivity contribution is 0.104. The zero-order valence-corrected chi connectivity index (χ0v) is 15.5. The van der Waals surface area contributed by atoms with Gasteiger partial charge in [0.2, 0.25) is 0 Å². The van der Waals surface area contributed by atoms with Crippen molar-refractivity contribution in [2.45, 2.75) is 6.92 Å². The molecular formula is C21H17FN4O3. The van der Waals surface area contributed by atoms with E-state index < -0.39 is 12.0 Å². The predicted octanol–water partition coefficient (Wildman–Crippen LogP) is 4.40. The smallest absolute Gasteiger partial charge is 0.434 e. The van der Waals surface area contributed by atoms with E-state index in [1.54, 1.807) is 37.6 Å². The third-order valence-electron chi connectivity index (χ3n) is 4.22. The summed E-state index contributed by atoms with van der Waals surface area (Å²) in [5, 5.41) is 4.31. The first-order valence-electron chi connectivity index (χ1n) is 8.93. The highest BCUT2D eigenvalue weighted by atomic mass is 19.1. The average molecular weight is 392 g/mol. The van der Waals surface area contributed by atoms with Crippen molar-refractivity contribution in [1.29, 1.82) is 0 Å². The molecule has 0 aliphatic rings. The molecule has 0 amide bonds. The van der Waals surface area contributed by atoms with E-state index in [4.69, 9.17) is 9.47 Å². The Morgan fingerprint density at radius 3 is 2.55 bits per heavy atom. The number of rotatable bonds is 5. The van der Waals surface area contributed by atoms with Gasteiger partial charge in [-0.25, -0.2) is 18.9 Å². The largest absolute Gasteiger partial charge is 0.513 e. The van der Waals surface area contributed by atoms with Gasteiger partial charge in [0.1, 0.15) is 11.5 Å². The lowest BCUT2D eigenvalue weighted by Gasteiger charge is -2.11. The van der Waals surface area contributed by atoms with Crippen LogP contribution in [0.15, 0.2) is 73.4 Å². The number of imidazole rings is 1. The zero-order valence-electron chi connectivity index (χ0n) is 15.5. The fraction of sp³-hybridized carbons (Fsp3) is 0.0952. The number of carbonyl (C=O) groups excluding carboxylic acids is 1. The molecule has 0 atom stereocenters. The predicted molar refractivity (Wildman–Crippen MR) is 104 cm³/mol. The molecule has 4 aromatic rings. The van der Waals surface area contributed by atoms with Gasteiger partial charge in [-0.1, -0.05) is 12.1 Å². The molecule has 0 spiro atoms. The SMILES string of the molecule is CCOC(=O)Oc1cnn(-c2ccc(-n3ccnc3)cc2)c1-c1ccccc1F. The number of hydrogen-bond acceptors (Lipinski definition) is 5. The number of hydrogen-bond donors (Lipinski definition) is 0. The van der Waals surface area contributed by atoms with E-state index in [9.17, 15) is 9.18 Å². The fourth-order valence-electron chi connectivity index (χ4n) is 2.92. The van der Waals surface area contributed by atoms with Crippen molar-refractivity contribution in [1.82, 2.24) is 19.3 Å². The van der Waals surface area contributed by atoms with Gasteiger partial charge in [-0.15, -0.1) is 0 Å². The summed E-state index contributed by atoms with van der Waals surface area (Å²) in [6, 6.07) is 13.7. The van der Waals surface area contributed by atoms with E-state index >= 15 is 0 Å². The first kappa shape index (κ1) is 18.4. The highest BCUT2D eigenvalue weighted by Gasteiger charge is 2.21. The Hall–Kier alpha value is -3.94. The van der Waals surface area contributed by atoms with Crippen LogP contribution < -0.4 is 4.74 Å². The summed E-state index contributed by atoms with van der Waals surface area (Å²) in [6.45, 7) is 1.84. The van der Waals surface area contributed by atoms with Crippen LogP contribution in [-0.4, -0.2) is 32.1 Å². The van der Waals surface area contributed by atoms with Gasteiger partial charge in [-0.05, 0) is 43.3 Å². The second kappa shape index (κ2) is 7.97. The highest BCUT2D eigenvalue weighted by Crippen LogP contribution is 2.34. The molecule has 4 rings (SSSR count). The number of halogens is 1. The Morgan fingerprint density at radius 2 is 1.86 bits per heavy atom. The van der Waals surface area contributed by atoms with Gasteiger partial charge in [0.15, 0.2) is 5.75 Å². The number of carbonyl (C=O) groups is 1. The standard InChI is InChI=1S/C21H17FN4O3/c1-2-28-21(27)29-19-13-24-26(20(19)17-5-3-4-6-18(17)22)16-9-7-15(8-10-16)25-12-11-23-14-25/h3-14H,2H2,1H3. The molecule has 0 saturated heterocycles. The molecular weight excluding hydrogens is 375 g/mol. The minimum Gasteiger partial charge on any atom is -0.434 e. The molecule has 0 N–H and O–H groups in total. The van der Waals surface area contributed by atoms with Crippen LogP contribution in [-0.2, 0) is 4.74 Å². The van der Waals surface area contributed by atoms with E-state index in [0.717, 1.165) is 5.69 Å². The van der Waals surface area contributed by atoms with Crippen molar-refractivity contribution in [3.63, 3.8) is 0 Å². The van der Waals surface area contributed by atoms with Crippen molar-refractivity contribution in [3.8, 4) is 28.4 Å². The Labute approximate surface area is 165 Å². The van der Waals surface area contributed by atoms with Gasteiger partial charge in [-0.3, -0.25) is 0 Å². The molecule has 0 saturated carbocycles. The molecule has 0 radical (unpaired) electrons. The van der Waals surface area contributed by atoms with E-state index in [1.165, 1.54) is 16.9 Å². The van der Waals surface area contributed by atoms with Crippen molar-refractivity contribution < 1.29 is 18.7 Å². The van der Waals surface area contributed by atoms with Crippen LogP contribution in [0, 0.1) is 5.82 Å². The molecule has 29 heavy (non-hydrogen) atoms. The van der Waals surface area contributed by atoms with Crippen LogP contribution >= 0.6 is 0 Å². The molecule has 146 valence electrons. The summed E-state index contributed by atoms with van der Waals surface area (Å²) in [5.74, 6) is -0.356. The monoisotopic (exact) mass is 392 g/mol. The molecule has 0 aliphatic carbocycles. The van der Waals surface area contributed by atoms with Crippen LogP contribution in [0.1, 0.15) is 6.92 Å². The number of benzene rings is 2. The summed E-state index contributed by atoms with van der Waals surface area (Å²) in [4.78, 5) is 15.9. The van der Waals surface area contributed by atoms with Crippen LogP contribution in [0.3, 0.4) is 0 Å². The number of nitrogens with zero attached hydrogens (tertiary/aromatic N) is 4. The molecule has 0 bridgehead atoms. The molecule has 0 aliphatic heterocycles. The van der Waals surface area contributed by atoms with Gasteiger partial charge in [0, 0.05) is 23.6 Å². The molecule has 2 aromatic heterocycles. The van der Waals surface area contributed by atoms with Crippen LogP contribution in [0.4, 0.5) is 9.18 Å². The number of ether oxygens (including phenoxy) is 2. The molecule has 0 fully saturated rings. The highest BCUT2D eigenvalue weighted by molar-refractivity contribution is 5.74. The van der Waals surface area contributed by atoms with E-state index in [1.807, 2.05) is 35.0 Å². The molecule has 2 aromatic carbocycles. The van der Waals surface area contributed by atoms with Crippen LogP contribution in [0.25, 0.3) is 22.6 Å². The lowest BCUT2D eigenvalue weighted by atomic mass is 10.1. The van der Waals surface area contributed by atoms with Gasteiger partial charge >= 0.3 is 6.16 Å². The normalized spacial score (nSPS) is 10.7.